The maximum Gasteiger partial charge on any atom is 0.435 e. The predicted octanol–water partition coefficient (Wildman–Crippen LogP) is 1.95. The topological polar surface area (TPSA) is 66.8 Å². The maximum atomic E-state index is 12.5. The summed E-state index contributed by atoms with van der Waals surface area (Å²) in [5.74, 6) is -0.0497. The Kier molecular flexibility index (Phi) is 3.87. The van der Waals surface area contributed by atoms with Crippen LogP contribution in [0.5, 0.6) is 0 Å². The highest BCUT2D eigenvalue weighted by atomic mass is 19.4. The van der Waals surface area contributed by atoms with E-state index in [1.807, 2.05) is 6.92 Å². The first-order chi connectivity index (χ1) is 10.8. The molecule has 2 aromatic rings. The molecule has 1 unspecified atom stereocenters. The van der Waals surface area contributed by atoms with Crippen molar-refractivity contribution in [3.05, 3.63) is 35.4 Å². The van der Waals surface area contributed by atoms with Crippen molar-refractivity contribution in [3.63, 3.8) is 0 Å². The van der Waals surface area contributed by atoms with Crippen molar-refractivity contribution < 1.29 is 18.0 Å². The minimum Gasteiger partial charge on any atom is -0.340 e. The molecule has 1 N–H and O–H groups in total. The van der Waals surface area contributed by atoms with Gasteiger partial charge in [0.2, 0.25) is 5.91 Å². The van der Waals surface area contributed by atoms with Crippen LogP contribution in [0.1, 0.15) is 29.3 Å². The van der Waals surface area contributed by atoms with Crippen LogP contribution in [-0.4, -0.2) is 43.9 Å². The molecule has 1 aliphatic heterocycles. The molecule has 0 radical (unpaired) electrons. The van der Waals surface area contributed by atoms with Gasteiger partial charge in [-0.3, -0.25) is 14.6 Å². The number of carbonyl (C=O) groups excluding carboxylic acids is 1. The second-order valence-corrected chi connectivity index (χ2v) is 5.69. The Hall–Kier alpha value is -2.32. The summed E-state index contributed by atoms with van der Waals surface area (Å²) < 4.78 is 38.5. The van der Waals surface area contributed by atoms with Crippen molar-refractivity contribution >= 4 is 5.91 Å². The maximum absolute atomic E-state index is 12.5. The van der Waals surface area contributed by atoms with E-state index in [4.69, 9.17) is 0 Å². The number of aryl methyl sites for hydroxylation is 1. The minimum absolute atomic E-state index is 0.185. The number of carbonyl (C=O) groups is 1. The van der Waals surface area contributed by atoms with E-state index in [0.29, 0.717) is 13.1 Å². The lowest BCUT2D eigenvalue weighted by Gasteiger charge is -2.16. The first-order valence-electron chi connectivity index (χ1n) is 7.23. The Morgan fingerprint density at radius 2 is 2.26 bits per heavy atom. The fraction of sp³-hybridized carbons (Fsp3) is 0.500. The number of aromatic amines is 1. The summed E-state index contributed by atoms with van der Waals surface area (Å²) in [5, 5.41) is 10.3. The monoisotopic (exact) mass is 327 g/mol. The molecule has 0 aliphatic carbocycles. The molecule has 0 saturated carbocycles. The van der Waals surface area contributed by atoms with Gasteiger partial charge in [0, 0.05) is 30.9 Å². The number of likely N-dealkylation sites (tertiary alicyclic amines) is 1. The van der Waals surface area contributed by atoms with Crippen molar-refractivity contribution in [1.29, 1.82) is 0 Å². The van der Waals surface area contributed by atoms with Crippen LogP contribution in [0.15, 0.2) is 18.5 Å². The highest BCUT2D eigenvalue weighted by molar-refractivity contribution is 5.76. The van der Waals surface area contributed by atoms with Crippen LogP contribution in [0.4, 0.5) is 13.2 Å². The average Bonchev–Trinajstić information content (AvgIpc) is 3.16. The Bertz CT molecular complexity index is 705. The summed E-state index contributed by atoms with van der Waals surface area (Å²) in [7, 11) is 0. The highest BCUT2D eigenvalue weighted by Crippen LogP contribution is 2.29. The first-order valence-corrected chi connectivity index (χ1v) is 7.23. The molecule has 2 aromatic heterocycles. The van der Waals surface area contributed by atoms with E-state index >= 15 is 0 Å². The van der Waals surface area contributed by atoms with Crippen molar-refractivity contribution in [2.75, 3.05) is 13.1 Å². The van der Waals surface area contributed by atoms with Crippen LogP contribution >= 0.6 is 0 Å². The number of aromatic nitrogens is 4. The molecular formula is C14H16F3N5O. The normalized spacial score (nSPS) is 18.6. The molecule has 23 heavy (non-hydrogen) atoms. The molecule has 3 heterocycles. The molecular weight excluding hydrogens is 311 g/mol. The number of alkyl halides is 3. The summed E-state index contributed by atoms with van der Waals surface area (Å²) in [5.41, 5.74) is 1.07. The molecule has 1 aliphatic rings. The van der Waals surface area contributed by atoms with Crippen molar-refractivity contribution in [2.24, 2.45) is 0 Å². The Morgan fingerprint density at radius 3 is 2.87 bits per heavy atom. The fourth-order valence-electron chi connectivity index (χ4n) is 2.83. The second kappa shape index (κ2) is 5.71. The van der Waals surface area contributed by atoms with Gasteiger partial charge in [0.05, 0.1) is 6.20 Å². The van der Waals surface area contributed by atoms with Crippen LogP contribution in [0.3, 0.4) is 0 Å². The molecule has 6 nitrogen and oxygen atoms in total. The number of amides is 1. The molecule has 124 valence electrons. The lowest BCUT2D eigenvalue weighted by molar-refractivity contribution is -0.142. The molecule has 9 heteroatoms. The molecule has 1 fully saturated rings. The van der Waals surface area contributed by atoms with Crippen LogP contribution in [0.25, 0.3) is 0 Å². The Labute approximate surface area is 130 Å². The number of halogens is 3. The van der Waals surface area contributed by atoms with E-state index in [1.165, 1.54) is 6.20 Å². The van der Waals surface area contributed by atoms with Gasteiger partial charge in [-0.15, -0.1) is 0 Å². The predicted molar refractivity (Wildman–Crippen MR) is 74.5 cm³/mol. The SMILES string of the molecule is Cc1cn[nH]c1C1CCN(C(=O)Cn2ccc(C(F)(F)F)n2)C1. The van der Waals surface area contributed by atoms with Gasteiger partial charge in [-0.2, -0.15) is 23.4 Å². The molecule has 3 rings (SSSR count). The van der Waals surface area contributed by atoms with Gasteiger partial charge < -0.3 is 4.90 Å². The minimum atomic E-state index is -4.49. The van der Waals surface area contributed by atoms with E-state index in [9.17, 15) is 18.0 Å². The van der Waals surface area contributed by atoms with Crippen molar-refractivity contribution in [2.45, 2.75) is 32.0 Å². The third-order valence-corrected chi connectivity index (χ3v) is 4.05. The Morgan fingerprint density at radius 1 is 1.48 bits per heavy atom. The standard InChI is InChI=1S/C14H16F3N5O/c1-9-6-18-19-13(9)10-2-4-21(7-10)12(23)8-22-5-3-11(20-22)14(15,16)17/h3,5-6,10H,2,4,7-8H2,1H3,(H,18,19). The van der Waals surface area contributed by atoms with Gasteiger partial charge >= 0.3 is 6.18 Å². The van der Waals surface area contributed by atoms with Crippen LogP contribution < -0.4 is 0 Å². The average molecular weight is 327 g/mol. The first kappa shape index (κ1) is 15.6. The van der Waals surface area contributed by atoms with Crippen LogP contribution in [0.2, 0.25) is 0 Å². The largest absolute Gasteiger partial charge is 0.435 e. The zero-order valence-electron chi connectivity index (χ0n) is 12.5. The van der Waals surface area contributed by atoms with Gasteiger partial charge in [0.1, 0.15) is 6.54 Å². The summed E-state index contributed by atoms with van der Waals surface area (Å²) in [6.07, 6.45) is -0.775. The van der Waals surface area contributed by atoms with E-state index < -0.39 is 11.9 Å². The molecule has 1 atom stereocenters. The molecule has 0 bridgehead atoms. The fourth-order valence-corrected chi connectivity index (χ4v) is 2.83. The zero-order valence-corrected chi connectivity index (χ0v) is 12.5. The summed E-state index contributed by atoms with van der Waals surface area (Å²) in [4.78, 5) is 13.9. The Balaban J connectivity index is 1.61. The number of H-pyrrole nitrogens is 1. The smallest absolute Gasteiger partial charge is 0.340 e. The van der Waals surface area contributed by atoms with E-state index in [2.05, 4.69) is 15.3 Å². The highest BCUT2D eigenvalue weighted by Gasteiger charge is 2.34. The van der Waals surface area contributed by atoms with Crippen molar-refractivity contribution in [3.8, 4) is 0 Å². The number of nitrogens with one attached hydrogen (secondary N) is 1. The summed E-state index contributed by atoms with van der Waals surface area (Å²) in [6, 6.07) is 0.869. The number of hydrogen-bond donors (Lipinski definition) is 1. The van der Waals surface area contributed by atoms with Gasteiger partial charge in [-0.1, -0.05) is 0 Å². The van der Waals surface area contributed by atoms with Gasteiger partial charge in [-0.25, -0.2) is 0 Å². The van der Waals surface area contributed by atoms with E-state index in [1.54, 1.807) is 11.1 Å². The number of hydrogen-bond acceptors (Lipinski definition) is 3. The van der Waals surface area contributed by atoms with Gasteiger partial charge in [0.25, 0.3) is 0 Å². The zero-order chi connectivity index (χ0) is 16.6. The van der Waals surface area contributed by atoms with Crippen LogP contribution in [-0.2, 0) is 17.5 Å². The molecule has 0 aromatic carbocycles. The second-order valence-electron chi connectivity index (χ2n) is 5.69. The van der Waals surface area contributed by atoms with E-state index in [0.717, 1.165) is 28.4 Å². The quantitative estimate of drug-likeness (QED) is 0.937. The number of rotatable bonds is 3. The van der Waals surface area contributed by atoms with Gasteiger partial charge in [-0.05, 0) is 25.0 Å². The summed E-state index contributed by atoms with van der Waals surface area (Å²) in [6.45, 7) is 2.88. The third kappa shape index (κ3) is 3.22. The lowest BCUT2D eigenvalue weighted by atomic mass is 10.0. The molecule has 1 saturated heterocycles. The lowest BCUT2D eigenvalue weighted by Crippen LogP contribution is -2.32. The van der Waals surface area contributed by atoms with Crippen LogP contribution in [0, 0.1) is 6.92 Å². The molecule has 1 amide bonds. The van der Waals surface area contributed by atoms with E-state index in [-0.39, 0.29) is 18.4 Å². The van der Waals surface area contributed by atoms with Gasteiger partial charge in [0.15, 0.2) is 5.69 Å². The third-order valence-electron chi connectivity index (χ3n) is 4.05. The molecule has 0 spiro atoms. The summed E-state index contributed by atoms with van der Waals surface area (Å²) >= 11 is 0. The number of nitrogens with zero attached hydrogens (tertiary/aromatic N) is 4. The van der Waals surface area contributed by atoms with Crippen molar-refractivity contribution in [1.82, 2.24) is 24.9 Å².